The summed E-state index contributed by atoms with van der Waals surface area (Å²) in [6.07, 6.45) is 3.14. The number of nitrogens with zero attached hydrogens (tertiary/aromatic N) is 1. The van der Waals surface area contributed by atoms with Gasteiger partial charge >= 0.3 is 0 Å². The molecule has 0 radical (unpaired) electrons. The van der Waals surface area contributed by atoms with E-state index in [9.17, 15) is 9.59 Å². The van der Waals surface area contributed by atoms with E-state index < -0.39 is 0 Å². The number of benzene rings is 1. The maximum atomic E-state index is 12.5. The number of nitrogens with one attached hydrogen (secondary N) is 2. The molecular weight excluding hydrogens is 314 g/mol. The van der Waals surface area contributed by atoms with Crippen molar-refractivity contribution < 1.29 is 9.59 Å². The fraction of sp³-hybridized carbons (Fsp3) is 0.600. The number of amides is 2. The number of carbonyl (C=O) groups excluding carboxylic acids is 2. The first kappa shape index (κ1) is 19.4. The number of fused-ring (bicyclic) bond motifs is 1. The second-order valence-corrected chi connectivity index (χ2v) is 7.81. The topological polar surface area (TPSA) is 61.4 Å². The van der Waals surface area contributed by atoms with Gasteiger partial charge < -0.3 is 10.6 Å². The summed E-state index contributed by atoms with van der Waals surface area (Å²) in [6, 6.07) is 8.41. The van der Waals surface area contributed by atoms with Crippen LogP contribution in [0.5, 0.6) is 0 Å². The van der Waals surface area contributed by atoms with E-state index in [0.29, 0.717) is 6.54 Å². The molecule has 25 heavy (non-hydrogen) atoms. The molecule has 0 saturated heterocycles. The van der Waals surface area contributed by atoms with E-state index in [2.05, 4.69) is 28.8 Å². The molecular formula is C20H31N3O2. The predicted molar refractivity (Wildman–Crippen MR) is 100 cm³/mol. The molecule has 0 unspecified atom stereocenters. The quantitative estimate of drug-likeness (QED) is 0.832. The fourth-order valence-electron chi connectivity index (χ4n) is 3.29. The van der Waals surface area contributed by atoms with Gasteiger partial charge in [-0.25, -0.2) is 0 Å². The lowest BCUT2D eigenvalue weighted by Crippen LogP contribution is -2.48. The highest BCUT2D eigenvalue weighted by molar-refractivity contribution is 5.81. The lowest BCUT2D eigenvalue weighted by molar-refractivity contribution is -0.126. The highest BCUT2D eigenvalue weighted by Crippen LogP contribution is 2.29. The van der Waals surface area contributed by atoms with Crippen LogP contribution >= 0.6 is 0 Å². The van der Waals surface area contributed by atoms with Crippen LogP contribution in [0.3, 0.4) is 0 Å². The Hall–Kier alpha value is -1.88. The van der Waals surface area contributed by atoms with Gasteiger partial charge in [0.2, 0.25) is 11.8 Å². The Balaban J connectivity index is 1.89. The van der Waals surface area contributed by atoms with E-state index in [1.807, 2.05) is 38.7 Å². The van der Waals surface area contributed by atoms with Gasteiger partial charge in [0.1, 0.15) is 0 Å². The van der Waals surface area contributed by atoms with E-state index in [1.54, 1.807) is 0 Å². The van der Waals surface area contributed by atoms with Crippen LogP contribution in [0.15, 0.2) is 24.3 Å². The Morgan fingerprint density at radius 1 is 1.16 bits per heavy atom. The zero-order chi connectivity index (χ0) is 18.4. The Kier molecular flexibility index (Phi) is 6.59. The molecule has 0 bridgehead atoms. The summed E-state index contributed by atoms with van der Waals surface area (Å²) < 4.78 is 0. The second-order valence-electron chi connectivity index (χ2n) is 7.81. The normalized spacial score (nSPS) is 17.1. The summed E-state index contributed by atoms with van der Waals surface area (Å²) in [5.74, 6) is -0.0720. The van der Waals surface area contributed by atoms with Crippen molar-refractivity contribution in [3.63, 3.8) is 0 Å². The van der Waals surface area contributed by atoms with Gasteiger partial charge in [-0.2, -0.15) is 0 Å². The minimum atomic E-state index is -0.259. The third-order valence-corrected chi connectivity index (χ3v) is 4.40. The van der Waals surface area contributed by atoms with Crippen molar-refractivity contribution in [2.75, 3.05) is 19.6 Å². The van der Waals surface area contributed by atoms with Crippen molar-refractivity contribution in [3.05, 3.63) is 35.4 Å². The smallest absolute Gasteiger partial charge is 0.234 e. The van der Waals surface area contributed by atoms with Crippen molar-refractivity contribution in [3.8, 4) is 0 Å². The summed E-state index contributed by atoms with van der Waals surface area (Å²) in [5.41, 5.74) is 2.30. The molecule has 5 heteroatoms. The molecule has 1 aliphatic carbocycles. The van der Waals surface area contributed by atoms with E-state index in [4.69, 9.17) is 0 Å². The second kappa shape index (κ2) is 8.48. The Morgan fingerprint density at radius 2 is 1.84 bits per heavy atom. The average Bonchev–Trinajstić information content (AvgIpc) is 2.52. The molecule has 5 nitrogen and oxygen atoms in total. The van der Waals surface area contributed by atoms with Crippen LogP contribution in [0, 0.1) is 0 Å². The van der Waals surface area contributed by atoms with Gasteiger partial charge in [0.25, 0.3) is 0 Å². The van der Waals surface area contributed by atoms with E-state index >= 15 is 0 Å². The number of hydrogen-bond acceptors (Lipinski definition) is 3. The molecule has 0 spiro atoms. The van der Waals surface area contributed by atoms with Gasteiger partial charge in [-0.3, -0.25) is 14.5 Å². The van der Waals surface area contributed by atoms with Gasteiger partial charge in [-0.05, 0) is 57.7 Å². The Bertz CT molecular complexity index is 607. The van der Waals surface area contributed by atoms with Gasteiger partial charge in [-0.15, -0.1) is 0 Å². The lowest BCUT2D eigenvalue weighted by atomic mass is 9.88. The molecule has 2 rings (SSSR count). The van der Waals surface area contributed by atoms with Gasteiger partial charge in [0, 0.05) is 5.54 Å². The third kappa shape index (κ3) is 6.16. The summed E-state index contributed by atoms with van der Waals surface area (Å²) in [5, 5.41) is 6.09. The predicted octanol–water partition coefficient (Wildman–Crippen LogP) is 2.42. The average molecular weight is 345 g/mol. The maximum absolute atomic E-state index is 12.5. The highest BCUT2D eigenvalue weighted by atomic mass is 16.2. The summed E-state index contributed by atoms with van der Waals surface area (Å²) in [7, 11) is 0. The van der Waals surface area contributed by atoms with E-state index in [0.717, 1.165) is 19.3 Å². The van der Waals surface area contributed by atoms with Crippen molar-refractivity contribution in [2.24, 2.45) is 0 Å². The first-order valence-electron chi connectivity index (χ1n) is 9.19. The molecule has 138 valence electrons. The maximum Gasteiger partial charge on any atom is 0.234 e. The molecule has 0 fully saturated rings. The summed E-state index contributed by atoms with van der Waals surface area (Å²) in [6.45, 7) is 8.96. The zero-order valence-electron chi connectivity index (χ0n) is 15.9. The largest absolute Gasteiger partial charge is 0.350 e. The summed E-state index contributed by atoms with van der Waals surface area (Å²) >= 11 is 0. The van der Waals surface area contributed by atoms with Crippen LogP contribution < -0.4 is 10.6 Å². The Morgan fingerprint density at radius 3 is 2.52 bits per heavy atom. The van der Waals surface area contributed by atoms with Crippen molar-refractivity contribution in [2.45, 2.75) is 58.5 Å². The fourth-order valence-corrected chi connectivity index (χ4v) is 3.29. The highest BCUT2D eigenvalue weighted by Gasteiger charge is 2.23. The first-order chi connectivity index (χ1) is 11.8. The minimum absolute atomic E-state index is 0.0212. The van der Waals surface area contributed by atoms with Crippen LogP contribution in [-0.4, -0.2) is 41.9 Å². The van der Waals surface area contributed by atoms with Gasteiger partial charge in [0.05, 0.1) is 19.1 Å². The number of likely N-dealkylation sites (N-methyl/N-ethyl adjacent to an activating group) is 1. The molecule has 2 N–H and O–H groups in total. The molecule has 2 amide bonds. The van der Waals surface area contributed by atoms with E-state index in [-0.39, 0.29) is 36.5 Å². The molecule has 1 aliphatic rings. The molecule has 1 aromatic rings. The standard InChI is InChI=1S/C20H31N3O2/c1-5-23(14-19(25)22-20(2,3)4)13-18(24)21-17-12-8-10-15-9-6-7-11-16(15)17/h6-7,9,11,17H,5,8,10,12-14H2,1-4H3,(H,21,24)(H,22,25)/t17-/m1/s1. The van der Waals surface area contributed by atoms with Crippen LogP contribution in [0.4, 0.5) is 0 Å². The first-order valence-corrected chi connectivity index (χ1v) is 9.19. The zero-order valence-corrected chi connectivity index (χ0v) is 15.9. The molecule has 0 saturated carbocycles. The van der Waals surface area contributed by atoms with Gasteiger partial charge in [-0.1, -0.05) is 31.2 Å². The number of aryl methyl sites for hydroxylation is 1. The Labute approximate surface area is 151 Å². The SMILES string of the molecule is CCN(CC(=O)N[C@@H]1CCCc2ccccc21)CC(=O)NC(C)(C)C. The van der Waals surface area contributed by atoms with Crippen LogP contribution in [0.2, 0.25) is 0 Å². The third-order valence-electron chi connectivity index (χ3n) is 4.40. The number of carbonyl (C=O) groups is 2. The lowest BCUT2D eigenvalue weighted by Gasteiger charge is -2.28. The van der Waals surface area contributed by atoms with Crippen molar-refractivity contribution >= 4 is 11.8 Å². The number of rotatable bonds is 6. The number of hydrogen-bond donors (Lipinski definition) is 2. The molecule has 1 atom stereocenters. The molecule has 0 aromatic heterocycles. The van der Waals surface area contributed by atoms with Crippen LogP contribution in [0.25, 0.3) is 0 Å². The summed E-state index contributed by atoms with van der Waals surface area (Å²) in [4.78, 5) is 26.4. The van der Waals surface area contributed by atoms with Crippen molar-refractivity contribution in [1.82, 2.24) is 15.5 Å². The minimum Gasteiger partial charge on any atom is -0.350 e. The monoisotopic (exact) mass is 345 g/mol. The molecule has 1 aromatic carbocycles. The van der Waals surface area contributed by atoms with Crippen LogP contribution in [-0.2, 0) is 16.0 Å². The molecule has 0 heterocycles. The van der Waals surface area contributed by atoms with Crippen LogP contribution in [0.1, 0.15) is 57.7 Å². The molecule has 0 aliphatic heterocycles. The van der Waals surface area contributed by atoms with Gasteiger partial charge in [0.15, 0.2) is 0 Å². The van der Waals surface area contributed by atoms with Crippen molar-refractivity contribution in [1.29, 1.82) is 0 Å². The van der Waals surface area contributed by atoms with E-state index in [1.165, 1.54) is 11.1 Å².